The van der Waals surface area contributed by atoms with Crippen molar-refractivity contribution in [3.8, 4) is 0 Å². The maximum absolute atomic E-state index is 13.5. The van der Waals surface area contributed by atoms with Gasteiger partial charge in [-0.3, -0.25) is 9.52 Å². The minimum atomic E-state index is -3.74. The number of piperidine rings is 1. The molecule has 11 nitrogen and oxygen atoms in total. The molecule has 1 saturated carbocycles. The molecule has 1 aromatic heterocycles. The number of anilines is 4. The minimum absolute atomic E-state index is 0.0732. The van der Waals surface area contributed by atoms with E-state index in [1.807, 2.05) is 11.8 Å². The molecule has 0 unspecified atom stereocenters. The number of carbonyl (C=O) groups is 1. The van der Waals surface area contributed by atoms with Crippen LogP contribution < -0.4 is 19.8 Å². The molecule has 0 radical (unpaired) electrons. The number of carbonyl (C=O) groups excluding carboxylic acids is 1. The van der Waals surface area contributed by atoms with Gasteiger partial charge < -0.3 is 25.0 Å². The normalized spacial score (nSPS) is 21.7. The Bertz CT molecular complexity index is 1270. The number of rotatable bonds is 8. The number of nitrogens with one attached hydrogen (secondary N) is 2. The van der Waals surface area contributed by atoms with Gasteiger partial charge in [0.25, 0.3) is 5.91 Å². The molecule has 5 rings (SSSR count). The zero-order valence-corrected chi connectivity index (χ0v) is 22.7. The first-order chi connectivity index (χ1) is 18.1. The fourth-order valence-corrected chi connectivity index (χ4v) is 6.44. The molecule has 3 heterocycles. The predicted octanol–water partition coefficient (Wildman–Crippen LogP) is 2.46. The largest absolute Gasteiger partial charge is 0.392 e. The molecule has 1 aromatic carbocycles. The van der Waals surface area contributed by atoms with Crippen molar-refractivity contribution in [3.05, 3.63) is 36.0 Å². The molecule has 2 aliphatic heterocycles. The summed E-state index contributed by atoms with van der Waals surface area (Å²) in [7, 11) is -3.74. The summed E-state index contributed by atoms with van der Waals surface area (Å²) in [5.41, 5.74) is 1.92. The van der Waals surface area contributed by atoms with Crippen molar-refractivity contribution in [2.45, 2.75) is 51.7 Å². The highest BCUT2D eigenvalue weighted by Crippen LogP contribution is 2.54. The third-order valence-electron chi connectivity index (χ3n) is 7.51. The second-order valence-electron chi connectivity index (χ2n) is 10.8. The second kappa shape index (κ2) is 10.7. The lowest BCUT2D eigenvalue weighted by Gasteiger charge is -2.35. The number of hydrogen-bond acceptors (Lipinski definition) is 9. The van der Waals surface area contributed by atoms with Crippen LogP contribution in [0.3, 0.4) is 0 Å². The van der Waals surface area contributed by atoms with Crippen LogP contribution in [0.4, 0.5) is 23.1 Å². The summed E-state index contributed by atoms with van der Waals surface area (Å²) >= 11 is 0. The van der Waals surface area contributed by atoms with E-state index in [4.69, 9.17) is 4.74 Å². The van der Waals surface area contributed by atoms with E-state index in [1.54, 1.807) is 30.5 Å². The van der Waals surface area contributed by atoms with Crippen LogP contribution in [-0.4, -0.2) is 80.1 Å². The topological polar surface area (TPSA) is 137 Å². The van der Waals surface area contributed by atoms with Crippen molar-refractivity contribution < 1.29 is 23.1 Å². The van der Waals surface area contributed by atoms with Gasteiger partial charge in [0.15, 0.2) is 0 Å². The van der Waals surface area contributed by atoms with Crippen LogP contribution in [-0.2, 0) is 14.8 Å². The molecule has 3 aliphatic rings. The van der Waals surface area contributed by atoms with Gasteiger partial charge in [-0.15, -0.1) is 0 Å². The van der Waals surface area contributed by atoms with Crippen LogP contribution in [0.5, 0.6) is 0 Å². The zero-order valence-electron chi connectivity index (χ0n) is 21.9. The molecule has 3 N–H and O–H groups in total. The lowest BCUT2D eigenvalue weighted by molar-refractivity contribution is 0.0526. The van der Waals surface area contributed by atoms with Gasteiger partial charge in [0.05, 0.1) is 41.5 Å². The van der Waals surface area contributed by atoms with Crippen LogP contribution >= 0.6 is 0 Å². The average Bonchev–Trinajstić information content (AvgIpc) is 3.62. The number of aliphatic hydroxyl groups excluding tert-OH is 1. The maximum atomic E-state index is 13.5. The lowest BCUT2D eigenvalue weighted by Crippen LogP contribution is -2.42. The molecule has 0 bridgehead atoms. The van der Waals surface area contributed by atoms with E-state index in [0.29, 0.717) is 53.8 Å². The highest BCUT2D eigenvalue weighted by atomic mass is 32.2. The van der Waals surface area contributed by atoms with Gasteiger partial charge in [-0.1, -0.05) is 0 Å². The third kappa shape index (κ3) is 6.36. The second-order valence-corrected chi connectivity index (χ2v) is 12.5. The van der Waals surface area contributed by atoms with Crippen molar-refractivity contribution >= 4 is 39.1 Å². The van der Waals surface area contributed by atoms with E-state index in [1.165, 1.54) is 19.8 Å². The van der Waals surface area contributed by atoms with E-state index < -0.39 is 21.9 Å². The Morgan fingerprint density at radius 1 is 1.18 bits per heavy atom. The van der Waals surface area contributed by atoms with Gasteiger partial charge in [-0.2, -0.15) is 4.98 Å². The molecule has 1 amide bonds. The number of aliphatic hydroxyl groups is 1. The first kappa shape index (κ1) is 26.6. The van der Waals surface area contributed by atoms with Crippen LogP contribution in [0.25, 0.3) is 0 Å². The Balaban J connectivity index is 1.38. The highest BCUT2D eigenvalue weighted by Gasteiger charge is 2.44. The van der Waals surface area contributed by atoms with Crippen LogP contribution in [0.15, 0.2) is 30.5 Å². The zero-order chi connectivity index (χ0) is 26.9. The Morgan fingerprint density at radius 3 is 2.63 bits per heavy atom. The number of hydrogen-bond donors (Lipinski definition) is 3. The van der Waals surface area contributed by atoms with E-state index in [-0.39, 0.29) is 12.0 Å². The summed E-state index contributed by atoms with van der Waals surface area (Å²) in [6.07, 6.45) is 5.32. The number of amides is 1. The van der Waals surface area contributed by atoms with Gasteiger partial charge >= 0.3 is 0 Å². The number of nitrogens with zero attached hydrogens (tertiary/aromatic N) is 4. The average molecular weight is 545 g/mol. The molecule has 12 heteroatoms. The van der Waals surface area contributed by atoms with Gasteiger partial charge in [0.2, 0.25) is 16.0 Å². The molecule has 2 atom stereocenters. The summed E-state index contributed by atoms with van der Waals surface area (Å²) in [6, 6.07) is 6.57. The van der Waals surface area contributed by atoms with Crippen LogP contribution in [0.2, 0.25) is 0 Å². The molecule has 3 fully saturated rings. The highest BCUT2D eigenvalue weighted by molar-refractivity contribution is 7.92. The molecule has 1 aliphatic carbocycles. The first-order valence-electron chi connectivity index (χ1n) is 13.2. The molecular formula is C26H36N6O5S. The summed E-state index contributed by atoms with van der Waals surface area (Å²) < 4.78 is 33.0. The fraction of sp³-hybridized carbons (Fsp3) is 0.577. The molecular weight excluding hydrogens is 508 g/mol. The van der Waals surface area contributed by atoms with Crippen molar-refractivity contribution in [1.82, 2.24) is 9.97 Å². The number of benzene rings is 1. The predicted molar refractivity (Wildman–Crippen MR) is 146 cm³/mol. The van der Waals surface area contributed by atoms with E-state index in [2.05, 4.69) is 24.9 Å². The number of morpholine rings is 1. The van der Waals surface area contributed by atoms with E-state index in [0.717, 1.165) is 25.9 Å². The maximum Gasteiger partial charge on any atom is 0.258 e. The van der Waals surface area contributed by atoms with Gasteiger partial charge in [0, 0.05) is 32.4 Å². The van der Waals surface area contributed by atoms with E-state index in [9.17, 15) is 18.3 Å². The lowest BCUT2D eigenvalue weighted by atomic mass is 9.93. The monoisotopic (exact) mass is 544 g/mol. The van der Waals surface area contributed by atoms with Crippen molar-refractivity contribution in [3.63, 3.8) is 0 Å². The smallest absolute Gasteiger partial charge is 0.258 e. The van der Waals surface area contributed by atoms with Crippen molar-refractivity contribution in [1.29, 1.82) is 0 Å². The molecule has 2 saturated heterocycles. The molecule has 1 spiro atoms. The number of sulfonamides is 1. The van der Waals surface area contributed by atoms with Crippen LogP contribution in [0.1, 0.15) is 49.9 Å². The quantitative estimate of drug-likeness (QED) is 0.458. The summed E-state index contributed by atoms with van der Waals surface area (Å²) in [5, 5.41) is 12.5. The Hall–Kier alpha value is -2.96. The standard InChI is InChI=1S/C26H36N6O5S/c1-18(33)17-38(35,36)30-20-3-4-21(22(15-20)31-11-8-26(6-7-26)9-12-31)24(34)28-23-5-10-27-25(29-23)32-13-14-37-19(2)16-32/h3-5,10,15,18-19,30,33H,6-9,11-14,16-17H2,1-2H3,(H,27,28,29,34)/t18-,19+/m0/s1. The van der Waals surface area contributed by atoms with E-state index >= 15 is 0 Å². The molecule has 2 aromatic rings. The fourth-order valence-electron chi connectivity index (χ4n) is 5.24. The summed E-state index contributed by atoms with van der Waals surface area (Å²) in [4.78, 5) is 26.6. The number of aromatic nitrogens is 2. The van der Waals surface area contributed by atoms with Crippen LogP contribution in [0, 0.1) is 5.41 Å². The Kier molecular flexibility index (Phi) is 7.47. The number of ether oxygens (including phenoxy) is 1. The van der Waals surface area contributed by atoms with Crippen molar-refractivity contribution in [2.75, 3.05) is 58.4 Å². The minimum Gasteiger partial charge on any atom is -0.392 e. The first-order valence-corrected chi connectivity index (χ1v) is 14.9. The summed E-state index contributed by atoms with van der Waals surface area (Å²) in [6.45, 7) is 6.97. The Labute approximate surface area is 223 Å². The molecule has 38 heavy (non-hydrogen) atoms. The van der Waals surface area contributed by atoms with Gasteiger partial charge in [-0.25, -0.2) is 13.4 Å². The Morgan fingerprint density at radius 2 is 1.95 bits per heavy atom. The van der Waals surface area contributed by atoms with Crippen molar-refractivity contribution in [2.24, 2.45) is 5.41 Å². The van der Waals surface area contributed by atoms with Gasteiger partial charge in [0.1, 0.15) is 5.82 Å². The van der Waals surface area contributed by atoms with Gasteiger partial charge in [-0.05, 0) is 69.2 Å². The SMILES string of the molecule is C[C@H](O)CS(=O)(=O)Nc1ccc(C(=O)Nc2ccnc(N3CCO[C@H](C)C3)n2)c(N2CCC3(CC2)CC3)c1. The molecule has 206 valence electrons. The third-order valence-corrected chi connectivity index (χ3v) is 8.97. The summed E-state index contributed by atoms with van der Waals surface area (Å²) in [5.74, 6) is 0.189.